The summed E-state index contributed by atoms with van der Waals surface area (Å²) >= 11 is 3.90. The molecule has 0 bridgehead atoms. The Morgan fingerprint density at radius 3 is 2.79 bits per heavy atom. The van der Waals surface area contributed by atoms with Crippen molar-refractivity contribution in [1.82, 2.24) is 4.98 Å². The topological polar surface area (TPSA) is 38.1 Å². The van der Waals surface area contributed by atoms with Crippen LogP contribution in [0.1, 0.15) is 5.76 Å². The molecular formula is C14H11IN2OS. The normalized spacial score (nSPS) is 10.6. The first-order valence-corrected chi connectivity index (χ1v) is 7.75. The van der Waals surface area contributed by atoms with Crippen LogP contribution in [-0.2, 0) is 6.54 Å². The van der Waals surface area contributed by atoms with E-state index >= 15 is 0 Å². The van der Waals surface area contributed by atoms with E-state index in [9.17, 15) is 0 Å². The fraction of sp³-hybridized carbons (Fsp3) is 0.0714. The molecule has 1 aromatic carbocycles. The van der Waals surface area contributed by atoms with Crippen LogP contribution < -0.4 is 5.32 Å². The van der Waals surface area contributed by atoms with Crippen LogP contribution in [0, 0.1) is 3.57 Å². The van der Waals surface area contributed by atoms with Gasteiger partial charge in [-0.2, -0.15) is 0 Å². The number of aromatic nitrogens is 1. The lowest BCUT2D eigenvalue weighted by molar-refractivity contribution is 0.518. The predicted octanol–water partition coefficient (Wildman–Crippen LogP) is 4.62. The van der Waals surface area contributed by atoms with E-state index in [1.54, 1.807) is 17.6 Å². The van der Waals surface area contributed by atoms with Gasteiger partial charge in [-0.1, -0.05) is 12.1 Å². The van der Waals surface area contributed by atoms with Gasteiger partial charge in [-0.15, -0.1) is 11.3 Å². The van der Waals surface area contributed by atoms with Gasteiger partial charge in [0.25, 0.3) is 0 Å². The van der Waals surface area contributed by atoms with Crippen LogP contribution in [-0.4, -0.2) is 4.98 Å². The number of thiazole rings is 1. The summed E-state index contributed by atoms with van der Waals surface area (Å²) in [5.41, 5.74) is 2.14. The highest BCUT2D eigenvalue weighted by atomic mass is 127. The Kier molecular flexibility index (Phi) is 3.84. The number of benzene rings is 1. The zero-order valence-electron chi connectivity index (χ0n) is 9.97. The third kappa shape index (κ3) is 3.16. The number of rotatable bonds is 4. The predicted molar refractivity (Wildman–Crippen MR) is 86.3 cm³/mol. The third-order valence-corrected chi connectivity index (χ3v) is 4.16. The van der Waals surface area contributed by atoms with E-state index in [1.807, 2.05) is 12.1 Å². The first-order valence-electron chi connectivity index (χ1n) is 5.79. The highest BCUT2D eigenvalue weighted by molar-refractivity contribution is 14.1. The van der Waals surface area contributed by atoms with E-state index in [1.165, 1.54) is 3.57 Å². The Morgan fingerprint density at radius 1 is 1.21 bits per heavy atom. The molecule has 0 amide bonds. The van der Waals surface area contributed by atoms with Gasteiger partial charge in [0.15, 0.2) is 5.13 Å². The molecule has 96 valence electrons. The lowest BCUT2D eigenvalue weighted by Crippen LogP contribution is -1.97. The lowest BCUT2D eigenvalue weighted by Gasteiger charge is -1.99. The maximum atomic E-state index is 5.27. The summed E-state index contributed by atoms with van der Waals surface area (Å²) in [7, 11) is 0. The van der Waals surface area contributed by atoms with Crippen LogP contribution in [0.2, 0.25) is 0 Å². The van der Waals surface area contributed by atoms with Gasteiger partial charge in [-0.25, -0.2) is 4.98 Å². The number of nitrogens with zero attached hydrogens (tertiary/aromatic N) is 1. The molecule has 0 aliphatic heterocycles. The molecule has 0 radical (unpaired) electrons. The first kappa shape index (κ1) is 12.7. The Hall–Kier alpha value is -1.34. The molecule has 0 atom stereocenters. The number of furan rings is 1. The number of hydrogen-bond donors (Lipinski definition) is 1. The molecule has 5 heteroatoms. The van der Waals surface area contributed by atoms with Crippen molar-refractivity contribution in [1.29, 1.82) is 0 Å². The Labute approximate surface area is 128 Å². The van der Waals surface area contributed by atoms with Crippen LogP contribution in [0.4, 0.5) is 5.13 Å². The molecule has 1 N–H and O–H groups in total. The molecule has 19 heavy (non-hydrogen) atoms. The molecule has 0 saturated carbocycles. The Balaban J connectivity index is 1.70. The van der Waals surface area contributed by atoms with E-state index in [-0.39, 0.29) is 0 Å². The minimum atomic E-state index is 0.659. The average Bonchev–Trinajstić information content (AvgIpc) is 3.09. The van der Waals surface area contributed by atoms with Crippen LogP contribution in [0.15, 0.2) is 52.5 Å². The Morgan fingerprint density at radius 2 is 2.05 bits per heavy atom. The van der Waals surface area contributed by atoms with Gasteiger partial charge in [0, 0.05) is 14.5 Å². The van der Waals surface area contributed by atoms with Crippen LogP contribution in [0.5, 0.6) is 0 Å². The molecule has 3 nitrogen and oxygen atoms in total. The molecule has 0 saturated heterocycles. The van der Waals surface area contributed by atoms with E-state index in [0.717, 1.165) is 22.1 Å². The minimum absolute atomic E-state index is 0.659. The second-order valence-corrected chi connectivity index (χ2v) is 6.08. The van der Waals surface area contributed by atoms with Crippen molar-refractivity contribution in [2.75, 3.05) is 5.32 Å². The largest absolute Gasteiger partial charge is 0.467 e. The van der Waals surface area contributed by atoms with Crippen LogP contribution >= 0.6 is 33.9 Å². The van der Waals surface area contributed by atoms with Crippen molar-refractivity contribution in [3.05, 3.63) is 57.4 Å². The quantitative estimate of drug-likeness (QED) is 0.670. The summed E-state index contributed by atoms with van der Waals surface area (Å²) in [6, 6.07) is 12.2. The second-order valence-electron chi connectivity index (χ2n) is 3.98. The van der Waals surface area contributed by atoms with E-state index in [4.69, 9.17) is 4.42 Å². The molecular weight excluding hydrogens is 371 g/mol. The number of nitrogens with one attached hydrogen (secondary N) is 1. The van der Waals surface area contributed by atoms with Gasteiger partial charge in [0.1, 0.15) is 5.76 Å². The SMILES string of the molecule is Ic1ccc(-c2csc(NCc3ccco3)n2)cc1. The van der Waals surface area contributed by atoms with Gasteiger partial charge < -0.3 is 9.73 Å². The summed E-state index contributed by atoms with van der Waals surface area (Å²) < 4.78 is 6.50. The molecule has 0 spiro atoms. The maximum Gasteiger partial charge on any atom is 0.183 e. The average molecular weight is 382 g/mol. The minimum Gasteiger partial charge on any atom is -0.467 e. The van der Waals surface area contributed by atoms with E-state index < -0.39 is 0 Å². The van der Waals surface area contributed by atoms with Crippen molar-refractivity contribution >= 4 is 39.1 Å². The van der Waals surface area contributed by atoms with Crippen molar-refractivity contribution in [3.63, 3.8) is 0 Å². The monoisotopic (exact) mass is 382 g/mol. The summed E-state index contributed by atoms with van der Waals surface area (Å²) in [5, 5.41) is 6.23. The van der Waals surface area contributed by atoms with Gasteiger partial charge in [0.05, 0.1) is 18.5 Å². The number of halogens is 1. The van der Waals surface area contributed by atoms with E-state index in [0.29, 0.717) is 6.54 Å². The molecule has 3 rings (SSSR count). The van der Waals surface area contributed by atoms with Crippen molar-refractivity contribution in [2.24, 2.45) is 0 Å². The highest BCUT2D eigenvalue weighted by Gasteiger charge is 2.04. The zero-order chi connectivity index (χ0) is 13.1. The molecule has 0 fully saturated rings. The summed E-state index contributed by atoms with van der Waals surface area (Å²) in [6.07, 6.45) is 1.68. The molecule has 3 aromatic rings. The smallest absolute Gasteiger partial charge is 0.183 e. The standard InChI is InChI=1S/C14H11IN2OS/c15-11-5-3-10(4-6-11)13-9-19-14(17-13)16-8-12-2-1-7-18-12/h1-7,9H,8H2,(H,16,17). The highest BCUT2D eigenvalue weighted by Crippen LogP contribution is 2.25. The van der Waals surface area contributed by atoms with Crippen molar-refractivity contribution in [2.45, 2.75) is 6.54 Å². The van der Waals surface area contributed by atoms with E-state index in [2.05, 4.69) is 62.5 Å². The fourth-order valence-electron chi connectivity index (χ4n) is 1.68. The van der Waals surface area contributed by atoms with Gasteiger partial charge in [-0.05, 0) is 46.9 Å². The molecule has 0 aliphatic carbocycles. The molecule has 2 heterocycles. The first-order chi connectivity index (χ1) is 9.31. The molecule has 0 aliphatic rings. The molecule has 2 aromatic heterocycles. The van der Waals surface area contributed by atoms with Gasteiger partial charge >= 0.3 is 0 Å². The summed E-state index contributed by atoms with van der Waals surface area (Å²) in [5.74, 6) is 0.908. The summed E-state index contributed by atoms with van der Waals surface area (Å²) in [6.45, 7) is 0.659. The van der Waals surface area contributed by atoms with Crippen LogP contribution in [0.25, 0.3) is 11.3 Å². The molecule has 0 unspecified atom stereocenters. The van der Waals surface area contributed by atoms with Crippen molar-refractivity contribution < 1.29 is 4.42 Å². The lowest BCUT2D eigenvalue weighted by atomic mass is 10.2. The number of anilines is 1. The second kappa shape index (κ2) is 5.75. The van der Waals surface area contributed by atoms with Gasteiger partial charge in [-0.3, -0.25) is 0 Å². The Bertz CT molecular complexity index is 646. The van der Waals surface area contributed by atoms with Crippen LogP contribution in [0.3, 0.4) is 0 Å². The van der Waals surface area contributed by atoms with Gasteiger partial charge in [0.2, 0.25) is 0 Å². The summed E-state index contributed by atoms with van der Waals surface area (Å²) in [4.78, 5) is 4.57. The maximum absolute atomic E-state index is 5.27. The fourth-order valence-corrected chi connectivity index (χ4v) is 2.76. The van der Waals surface area contributed by atoms with Crippen molar-refractivity contribution in [3.8, 4) is 11.3 Å². The number of hydrogen-bond acceptors (Lipinski definition) is 4. The zero-order valence-corrected chi connectivity index (χ0v) is 12.9. The third-order valence-electron chi connectivity index (χ3n) is 2.64.